The predicted molar refractivity (Wildman–Crippen MR) is 85.4 cm³/mol. The molecule has 0 amide bonds. The summed E-state index contributed by atoms with van der Waals surface area (Å²) in [6.07, 6.45) is 2.26. The van der Waals surface area contributed by atoms with Crippen molar-refractivity contribution < 1.29 is 13.2 Å². The first-order valence-electron chi connectivity index (χ1n) is 6.57. The van der Waals surface area contributed by atoms with Crippen molar-refractivity contribution in [1.29, 1.82) is 0 Å². The summed E-state index contributed by atoms with van der Waals surface area (Å²) in [7, 11) is -3.76. The fraction of sp³-hybridized carbons (Fsp3) is 0.286. The Labute approximate surface area is 138 Å². The predicted octanol–water partition coefficient (Wildman–Crippen LogP) is 3.26. The summed E-state index contributed by atoms with van der Waals surface area (Å²) in [5.41, 5.74) is -0.0207. The molecule has 0 saturated heterocycles. The number of hydrogen-bond acceptors (Lipinski definition) is 4. The van der Waals surface area contributed by atoms with Crippen LogP contribution in [-0.2, 0) is 16.4 Å². The lowest BCUT2D eigenvalue weighted by Crippen LogP contribution is -2.17. The van der Waals surface area contributed by atoms with E-state index in [9.17, 15) is 13.2 Å². The minimum Gasteiger partial charge on any atom is -0.321 e. The highest BCUT2D eigenvalue weighted by molar-refractivity contribution is 7.92. The lowest BCUT2D eigenvalue weighted by atomic mass is 10.3. The molecule has 0 fully saturated rings. The van der Waals surface area contributed by atoms with Crippen molar-refractivity contribution in [2.75, 3.05) is 5.75 Å². The zero-order chi connectivity index (χ0) is 16.3. The Hall–Kier alpha value is -1.37. The SMILES string of the molecule is CCCn1cnc(C(=O)CS(=O)(=O)c2ccc(Cl)cc2)c1Cl. The van der Waals surface area contributed by atoms with E-state index in [-0.39, 0.29) is 15.7 Å². The monoisotopic (exact) mass is 360 g/mol. The van der Waals surface area contributed by atoms with Gasteiger partial charge in [-0.1, -0.05) is 30.1 Å². The van der Waals surface area contributed by atoms with Crippen molar-refractivity contribution >= 4 is 38.8 Å². The van der Waals surface area contributed by atoms with E-state index >= 15 is 0 Å². The van der Waals surface area contributed by atoms with Crippen LogP contribution in [0.25, 0.3) is 0 Å². The molecule has 1 aromatic heterocycles. The van der Waals surface area contributed by atoms with Gasteiger partial charge in [0.05, 0.1) is 11.2 Å². The lowest BCUT2D eigenvalue weighted by molar-refractivity contribution is 0.101. The molecule has 0 atom stereocenters. The number of Topliss-reactive ketones (excluding diaryl/α,β-unsaturated/α-hetero) is 1. The highest BCUT2D eigenvalue weighted by Crippen LogP contribution is 2.19. The number of imidazole rings is 1. The molecule has 0 aliphatic carbocycles. The number of rotatable bonds is 6. The Morgan fingerprint density at radius 3 is 2.45 bits per heavy atom. The van der Waals surface area contributed by atoms with Crippen LogP contribution in [-0.4, -0.2) is 29.5 Å². The first-order valence-corrected chi connectivity index (χ1v) is 8.98. The summed E-state index contributed by atoms with van der Waals surface area (Å²) in [4.78, 5) is 16.1. The van der Waals surface area contributed by atoms with E-state index in [0.29, 0.717) is 11.6 Å². The fourth-order valence-corrected chi connectivity index (χ4v) is 3.53. The van der Waals surface area contributed by atoms with Gasteiger partial charge >= 0.3 is 0 Å². The molecular weight excluding hydrogens is 347 g/mol. The maximum Gasteiger partial charge on any atom is 0.199 e. The third-order valence-electron chi connectivity index (χ3n) is 3.00. The molecule has 0 unspecified atom stereocenters. The highest BCUT2D eigenvalue weighted by atomic mass is 35.5. The van der Waals surface area contributed by atoms with Gasteiger partial charge < -0.3 is 4.57 Å². The van der Waals surface area contributed by atoms with Gasteiger partial charge in [0.25, 0.3) is 0 Å². The minimum absolute atomic E-state index is 0.0207. The standard InChI is InChI=1S/C14H14Cl2N2O3S/c1-2-7-18-9-17-13(14(18)16)12(19)8-22(20,21)11-5-3-10(15)4-6-11/h3-6,9H,2,7-8H2,1H3. The van der Waals surface area contributed by atoms with Gasteiger partial charge in [-0.2, -0.15) is 0 Å². The second-order valence-corrected chi connectivity index (χ2v) is 7.50. The van der Waals surface area contributed by atoms with Crippen LogP contribution in [0.3, 0.4) is 0 Å². The van der Waals surface area contributed by atoms with E-state index < -0.39 is 21.4 Å². The molecule has 0 saturated carbocycles. The van der Waals surface area contributed by atoms with Crippen molar-refractivity contribution in [1.82, 2.24) is 9.55 Å². The largest absolute Gasteiger partial charge is 0.321 e. The third-order valence-corrected chi connectivity index (χ3v) is 5.28. The van der Waals surface area contributed by atoms with Crippen molar-refractivity contribution in [3.05, 3.63) is 46.5 Å². The van der Waals surface area contributed by atoms with E-state index in [4.69, 9.17) is 23.2 Å². The maximum absolute atomic E-state index is 12.2. The number of carbonyl (C=O) groups is 1. The Kier molecular flexibility index (Phi) is 5.26. The number of nitrogens with zero attached hydrogens (tertiary/aromatic N) is 2. The Morgan fingerprint density at radius 2 is 1.86 bits per heavy atom. The number of benzene rings is 1. The molecule has 2 rings (SSSR count). The zero-order valence-electron chi connectivity index (χ0n) is 11.8. The number of sulfone groups is 1. The van der Waals surface area contributed by atoms with Gasteiger partial charge in [0.2, 0.25) is 0 Å². The van der Waals surface area contributed by atoms with Gasteiger partial charge in [0.15, 0.2) is 15.6 Å². The smallest absolute Gasteiger partial charge is 0.199 e. The van der Waals surface area contributed by atoms with Crippen LogP contribution in [0.4, 0.5) is 0 Å². The molecule has 0 bridgehead atoms. The second-order valence-electron chi connectivity index (χ2n) is 4.71. The fourth-order valence-electron chi connectivity index (χ4n) is 1.92. The first kappa shape index (κ1) is 17.0. The van der Waals surface area contributed by atoms with E-state index in [1.54, 1.807) is 4.57 Å². The number of hydrogen-bond donors (Lipinski definition) is 0. The summed E-state index contributed by atoms with van der Waals surface area (Å²) in [5.74, 6) is -1.31. The molecule has 0 N–H and O–H groups in total. The van der Waals surface area contributed by atoms with Gasteiger partial charge in [-0.15, -0.1) is 0 Å². The average molecular weight is 361 g/mol. The van der Waals surface area contributed by atoms with Crippen LogP contribution in [0.5, 0.6) is 0 Å². The van der Waals surface area contributed by atoms with Gasteiger partial charge in [-0.25, -0.2) is 13.4 Å². The van der Waals surface area contributed by atoms with Crippen molar-refractivity contribution in [3.63, 3.8) is 0 Å². The minimum atomic E-state index is -3.76. The number of halogens is 2. The number of aryl methyl sites for hydroxylation is 1. The molecule has 22 heavy (non-hydrogen) atoms. The van der Waals surface area contributed by atoms with Crippen molar-refractivity contribution in [3.8, 4) is 0 Å². The maximum atomic E-state index is 12.2. The molecule has 2 aromatic rings. The van der Waals surface area contributed by atoms with Crippen molar-refractivity contribution in [2.24, 2.45) is 0 Å². The normalized spacial score (nSPS) is 11.6. The lowest BCUT2D eigenvalue weighted by Gasteiger charge is -2.04. The van der Waals surface area contributed by atoms with Gasteiger partial charge in [0, 0.05) is 11.6 Å². The van der Waals surface area contributed by atoms with E-state index in [1.165, 1.54) is 30.6 Å². The molecule has 1 aromatic carbocycles. The summed E-state index contributed by atoms with van der Waals surface area (Å²) >= 11 is 11.8. The van der Waals surface area contributed by atoms with Crippen LogP contribution >= 0.6 is 23.2 Å². The third kappa shape index (κ3) is 3.69. The molecule has 8 heteroatoms. The van der Waals surface area contributed by atoms with E-state index in [1.807, 2.05) is 6.92 Å². The summed E-state index contributed by atoms with van der Waals surface area (Å²) in [6, 6.07) is 5.65. The quantitative estimate of drug-likeness (QED) is 0.741. The average Bonchev–Trinajstić information content (AvgIpc) is 2.81. The number of carbonyl (C=O) groups excluding carboxylic acids is 1. The van der Waals surface area contributed by atoms with Crippen molar-refractivity contribution in [2.45, 2.75) is 24.8 Å². The molecule has 0 aliphatic heterocycles. The molecule has 0 aliphatic rings. The first-order chi connectivity index (χ1) is 10.3. The molecule has 0 spiro atoms. The Balaban J connectivity index is 2.22. The number of aromatic nitrogens is 2. The molecule has 5 nitrogen and oxygen atoms in total. The van der Waals surface area contributed by atoms with Crippen LogP contribution in [0, 0.1) is 0 Å². The molecule has 118 valence electrons. The van der Waals surface area contributed by atoms with Crippen LogP contribution in [0.15, 0.2) is 35.5 Å². The summed E-state index contributed by atoms with van der Waals surface area (Å²) in [5, 5.41) is 0.588. The summed E-state index contributed by atoms with van der Waals surface area (Å²) in [6.45, 7) is 2.58. The van der Waals surface area contributed by atoms with Gasteiger partial charge in [-0.05, 0) is 30.7 Å². The topological polar surface area (TPSA) is 69.0 Å². The Morgan fingerprint density at radius 1 is 1.23 bits per heavy atom. The van der Waals surface area contributed by atoms with Crippen LogP contribution < -0.4 is 0 Å². The Bertz CT molecular complexity index is 783. The van der Waals surface area contributed by atoms with Gasteiger partial charge in [-0.3, -0.25) is 4.79 Å². The molecule has 0 radical (unpaired) electrons. The molecular formula is C14H14Cl2N2O3S. The zero-order valence-corrected chi connectivity index (χ0v) is 14.1. The summed E-state index contributed by atoms with van der Waals surface area (Å²) < 4.78 is 26.1. The van der Waals surface area contributed by atoms with Crippen LogP contribution in [0.1, 0.15) is 23.8 Å². The van der Waals surface area contributed by atoms with E-state index in [2.05, 4.69) is 4.98 Å². The number of ketones is 1. The second kappa shape index (κ2) is 6.81. The highest BCUT2D eigenvalue weighted by Gasteiger charge is 2.24. The van der Waals surface area contributed by atoms with E-state index in [0.717, 1.165) is 6.42 Å². The van der Waals surface area contributed by atoms with Crippen LogP contribution in [0.2, 0.25) is 10.2 Å². The van der Waals surface area contributed by atoms with Gasteiger partial charge in [0.1, 0.15) is 16.6 Å². The molecule has 1 heterocycles.